The number of pyridine rings is 1. The number of carbonyl (C=O) groups excluding carboxylic acids is 3. The molecule has 3 atom stereocenters. The molecule has 0 radical (unpaired) electrons. The number of carbonyl (C=O) groups is 4. The van der Waals surface area contributed by atoms with Gasteiger partial charge in [0.15, 0.2) is 0 Å². The van der Waals surface area contributed by atoms with Crippen LogP contribution in [0.15, 0.2) is 54.6 Å². The second-order valence-corrected chi connectivity index (χ2v) is 15.2. The zero-order valence-electron chi connectivity index (χ0n) is 31.6. The first-order chi connectivity index (χ1) is 24.4. The maximum Gasteiger partial charge on any atom is 0.411 e. The van der Waals surface area contributed by atoms with Gasteiger partial charge in [-0.15, -0.1) is 0 Å². The van der Waals surface area contributed by atoms with Crippen molar-refractivity contribution in [3.05, 3.63) is 54.6 Å². The van der Waals surface area contributed by atoms with E-state index in [-0.39, 0.29) is 18.4 Å². The number of fused-ring (bicyclic) bond motifs is 1. The van der Waals surface area contributed by atoms with E-state index >= 15 is 0 Å². The van der Waals surface area contributed by atoms with Gasteiger partial charge in [0.25, 0.3) is 0 Å². The summed E-state index contributed by atoms with van der Waals surface area (Å²) in [4.78, 5) is 56.2. The summed E-state index contributed by atoms with van der Waals surface area (Å²) in [6.07, 6.45) is 0.830. The number of likely N-dealkylation sites (tertiary alicyclic amines) is 1. The molecular weight excluding hydrogens is 668 g/mol. The number of esters is 1. The van der Waals surface area contributed by atoms with E-state index in [1.165, 1.54) is 12.0 Å². The zero-order valence-corrected chi connectivity index (χ0v) is 31.6. The third kappa shape index (κ3) is 9.49. The van der Waals surface area contributed by atoms with E-state index in [4.69, 9.17) is 29.0 Å². The minimum absolute atomic E-state index is 0.124. The lowest BCUT2D eigenvalue weighted by atomic mass is 9.76. The Bertz CT molecular complexity index is 1750. The highest BCUT2D eigenvalue weighted by Crippen LogP contribution is 2.36. The number of likely N-dealkylation sites (N-methyl/N-ethyl adjacent to an activating group) is 1. The van der Waals surface area contributed by atoms with E-state index in [1.54, 1.807) is 34.9 Å². The Balaban J connectivity index is 0.000000530. The van der Waals surface area contributed by atoms with Gasteiger partial charge in [-0.05, 0) is 64.6 Å². The van der Waals surface area contributed by atoms with Crippen LogP contribution in [0, 0.1) is 5.41 Å². The average Bonchev–Trinajstić information content (AvgIpc) is 3.49. The van der Waals surface area contributed by atoms with Crippen molar-refractivity contribution >= 4 is 34.8 Å². The normalized spacial score (nSPS) is 18.6. The number of hydrogen-bond donors (Lipinski definition) is 3. The number of carboxylic acids is 1. The molecule has 52 heavy (non-hydrogen) atoms. The number of methoxy groups -OCH3 is 2. The van der Waals surface area contributed by atoms with E-state index in [2.05, 4.69) is 10.6 Å². The van der Waals surface area contributed by atoms with E-state index in [1.807, 2.05) is 75.4 Å². The molecule has 1 aliphatic carbocycles. The summed E-state index contributed by atoms with van der Waals surface area (Å²) >= 11 is 0. The SMILES string of the molecule is CN[C@H](C(=O)O)C(C)(C)C.COC(=O)C1(NC(=O)[C@@H]2CC(Oc3cc(-c4ccccc4)nc4cc(OC)ccc34)CN2C(=O)OC(C)(C)C)CCC1. The number of rotatable bonds is 9. The maximum absolute atomic E-state index is 13.6. The number of aliphatic carboxylic acids is 1. The second kappa shape index (κ2) is 16.2. The Kier molecular flexibility index (Phi) is 12.4. The first kappa shape index (κ1) is 39.9. The molecule has 1 saturated heterocycles. The summed E-state index contributed by atoms with van der Waals surface area (Å²) in [6.45, 7) is 11.1. The second-order valence-electron chi connectivity index (χ2n) is 15.2. The minimum Gasteiger partial charge on any atom is -0.497 e. The summed E-state index contributed by atoms with van der Waals surface area (Å²) in [5.74, 6) is -0.484. The quantitative estimate of drug-likeness (QED) is 0.236. The van der Waals surface area contributed by atoms with Crippen molar-refractivity contribution in [3.63, 3.8) is 0 Å². The predicted molar refractivity (Wildman–Crippen MR) is 196 cm³/mol. The first-order valence-electron chi connectivity index (χ1n) is 17.4. The van der Waals surface area contributed by atoms with Gasteiger partial charge in [-0.1, -0.05) is 51.1 Å². The molecule has 2 fully saturated rings. The highest BCUT2D eigenvalue weighted by Gasteiger charge is 2.50. The van der Waals surface area contributed by atoms with Gasteiger partial charge < -0.3 is 34.7 Å². The predicted octanol–water partition coefficient (Wildman–Crippen LogP) is 5.58. The van der Waals surface area contributed by atoms with E-state index in [9.17, 15) is 19.2 Å². The molecular formula is C39H52N4O9. The molecule has 3 N–H and O–H groups in total. The topological polar surface area (TPSA) is 166 Å². The van der Waals surface area contributed by atoms with Crippen molar-refractivity contribution < 1.29 is 43.2 Å². The van der Waals surface area contributed by atoms with Crippen LogP contribution < -0.4 is 20.1 Å². The number of benzene rings is 2. The molecule has 1 aliphatic heterocycles. The summed E-state index contributed by atoms with van der Waals surface area (Å²) in [7, 11) is 4.56. The number of ether oxygens (including phenoxy) is 4. The summed E-state index contributed by atoms with van der Waals surface area (Å²) in [6, 6.07) is 15.8. The molecule has 1 unspecified atom stereocenters. The highest BCUT2D eigenvalue weighted by atomic mass is 16.6. The van der Waals surface area contributed by atoms with E-state index in [0.717, 1.165) is 17.4 Å². The number of hydrogen-bond acceptors (Lipinski definition) is 10. The van der Waals surface area contributed by atoms with Gasteiger partial charge in [0, 0.05) is 29.5 Å². The zero-order chi connectivity index (χ0) is 38.4. The van der Waals surface area contributed by atoms with Crippen LogP contribution in [0.25, 0.3) is 22.2 Å². The Labute approximate surface area is 305 Å². The van der Waals surface area contributed by atoms with Crippen LogP contribution in [-0.2, 0) is 23.9 Å². The van der Waals surface area contributed by atoms with Crippen molar-refractivity contribution in [3.8, 4) is 22.8 Å². The third-order valence-corrected chi connectivity index (χ3v) is 9.08. The van der Waals surface area contributed by atoms with Crippen LogP contribution in [0.5, 0.6) is 11.5 Å². The smallest absolute Gasteiger partial charge is 0.411 e. The number of nitrogens with zero attached hydrogens (tertiary/aromatic N) is 2. The molecule has 3 aromatic rings. The lowest BCUT2D eigenvalue weighted by molar-refractivity contribution is -0.155. The summed E-state index contributed by atoms with van der Waals surface area (Å²) in [5, 5.41) is 15.0. The molecule has 282 valence electrons. The molecule has 1 saturated carbocycles. The third-order valence-electron chi connectivity index (χ3n) is 9.08. The van der Waals surface area contributed by atoms with Gasteiger partial charge in [0.2, 0.25) is 5.91 Å². The molecule has 13 nitrogen and oxygen atoms in total. The highest BCUT2D eigenvalue weighted by molar-refractivity contribution is 5.93. The molecule has 0 spiro atoms. The number of amides is 2. The van der Waals surface area contributed by atoms with Crippen LogP contribution in [0.3, 0.4) is 0 Å². The fraction of sp³-hybridized carbons (Fsp3) is 0.513. The molecule has 2 amide bonds. The van der Waals surface area contributed by atoms with Crippen molar-refractivity contribution in [1.82, 2.24) is 20.5 Å². The molecule has 2 aromatic carbocycles. The largest absolute Gasteiger partial charge is 0.497 e. The van der Waals surface area contributed by atoms with Gasteiger partial charge in [0.05, 0.1) is 32.0 Å². The lowest BCUT2D eigenvalue weighted by Crippen LogP contribution is -2.62. The van der Waals surface area contributed by atoms with Gasteiger partial charge in [0.1, 0.15) is 40.8 Å². The average molecular weight is 721 g/mol. The summed E-state index contributed by atoms with van der Waals surface area (Å²) < 4.78 is 22.6. The van der Waals surface area contributed by atoms with Crippen LogP contribution in [0.4, 0.5) is 4.79 Å². The fourth-order valence-electron chi connectivity index (χ4n) is 6.34. The lowest BCUT2D eigenvalue weighted by Gasteiger charge is -2.40. The van der Waals surface area contributed by atoms with Crippen molar-refractivity contribution in [2.75, 3.05) is 27.8 Å². The standard InChI is InChI=1S/C32H37N3O7.C7H15NO2/c1-31(2,3)42-30(38)35-19-22(17-26(35)28(36)34-32(14-9-15-32)29(37)40-5)41-27-18-24(20-10-7-6-8-11-20)33-25-16-21(39-4)12-13-23(25)27;1-7(2,3)5(8-4)6(9)10/h6-8,10-13,16,18,22,26H,9,14-15,17,19H2,1-5H3,(H,34,36);5,8H,1-4H3,(H,9,10)/t22?,26-;5-/m01/s1. The van der Waals surface area contributed by atoms with Crippen molar-refractivity contribution in [2.45, 2.75) is 96.6 Å². The van der Waals surface area contributed by atoms with Crippen LogP contribution in [0.2, 0.25) is 0 Å². The van der Waals surface area contributed by atoms with Gasteiger partial charge in [-0.25, -0.2) is 14.6 Å². The molecule has 1 aromatic heterocycles. The Hall–Kier alpha value is -4.91. The maximum atomic E-state index is 13.6. The molecule has 5 rings (SSSR count). The fourth-order valence-corrected chi connectivity index (χ4v) is 6.34. The monoisotopic (exact) mass is 720 g/mol. The number of carboxylic acid groups (broad SMARTS) is 1. The van der Waals surface area contributed by atoms with E-state index in [0.29, 0.717) is 35.6 Å². The van der Waals surface area contributed by atoms with Crippen LogP contribution in [-0.4, -0.2) is 96.1 Å². The first-order valence-corrected chi connectivity index (χ1v) is 17.4. The van der Waals surface area contributed by atoms with Gasteiger partial charge in [-0.3, -0.25) is 14.5 Å². The Morgan fingerprint density at radius 1 is 0.981 bits per heavy atom. The molecule has 2 aliphatic rings. The molecule has 2 heterocycles. The van der Waals surface area contributed by atoms with Crippen LogP contribution >= 0.6 is 0 Å². The van der Waals surface area contributed by atoms with Gasteiger partial charge in [-0.2, -0.15) is 0 Å². The van der Waals surface area contributed by atoms with E-state index < -0.39 is 53.3 Å². The molecule has 13 heteroatoms. The molecule has 0 bridgehead atoms. The Morgan fingerprint density at radius 3 is 2.15 bits per heavy atom. The minimum atomic E-state index is -1.07. The van der Waals surface area contributed by atoms with Crippen LogP contribution in [0.1, 0.15) is 67.2 Å². The Morgan fingerprint density at radius 2 is 1.65 bits per heavy atom. The van der Waals surface area contributed by atoms with Crippen molar-refractivity contribution in [2.24, 2.45) is 5.41 Å². The van der Waals surface area contributed by atoms with Gasteiger partial charge >= 0.3 is 18.0 Å². The van der Waals surface area contributed by atoms with Crippen molar-refractivity contribution in [1.29, 1.82) is 0 Å². The number of nitrogens with one attached hydrogen (secondary N) is 2. The summed E-state index contributed by atoms with van der Waals surface area (Å²) in [5.41, 5.74) is 0.262. The number of aromatic nitrogens is 1.